The summed E-state index contributed by atoms with van der Waals surface area (Å²) in [6.07, 6.45) is 4.02. The van der Waals surface area contributed by atoms with E-state index in [0.29, 0.717) is 18.1 Å². The first kappa shape index (κ1) is 20.2. The summed E-state index contributed by atoms with van der Waals surface area (Å²) in [5.41, 5.74) is 3.07. The Morgan fingerprint density at radius 1 is 1.27 bits per heavy atom. The molecule has 30 heavy (non-hydrogen) atoms. The van der Waals surface area contributed by atoms with Crippen LogP contribution in [0.5, 0.6) is 0 Å². The van der Waals surface area contributed by atoms with E-state index in [1.807, 2.05) is 42.7 Å². The second-order valence-corrected chi connectivity index (χ2v) is 8.05. The maximum absolute atomic E-state index is 13.1. The number of amides is 1. The molecule has 0 bridgehead atoms. The zero-order chi connectivity index (χ0) is 21.1. The maximum Gasteiger partial charge on any atom is 0.253 e. The zero-order valence-electron chi connectivity index (χ0n) is 17.0. The van der Waals surface area contributed by atoms with E-state index >= 15 is 0 Å². The van der Waals surface area contributed by atoms with Crippen molar-refractivity contribution in [3.63, 3.8) is 0 Å². The SMILES string of the molecule is C=CCn1c(C)nnc1SCC(=O)N1N=C(c2ccc(C)cc2)C[C@H]1c1ccco1. The standard InChI is InChI=1S/C22H23N5O2S/c1-4-11-26-16(3)23-24-22(26)30-14-21(28)27-19(20-6-5-12-29-20)13-18(25-27)17-9-7-15(2)8-10-17/h4-10,12,19H,1,11,13-14H2,2-3H3/t19-/m0/s1. The van der Waals surface area contributed by atoms with E-state index in [1.165, 1.54) is 17.3 Å². The monoisotopic (exact) mass is 421 g/mol. The Bertz CT molecular complexity index is 1070. The molecule has 8 heteroatoms. The van der Waals surface area contributed by atoms with Crippen LogP contribution >= 0.6 is 11.8 Å². The fraction of sp³-hybridized carbons (Fsp3) is 0.273. The number of hydrogen-bond donors (Lipinski definition) is 0. The number of rotatable bonds is 7. The molecule has 1 aliphatic heterocycles. The van der Waals surface area contributed by atoms with Crippen LogP contribution in [0.3, 0.4) is 0 Å². The normalized spacial score (nSPS) is 16.0. The molecule has 1 atom stereocenters. The topological polar surface area (TPSA) is 76.5 Å². The van der Waals surface area contributed by atoms with Crippen LogP contribution in [0.15, 0.2) is 70.0 Å². The molecule has 0 saturated carbocycles. The molecule has 1 amide bonds. The molecule has 2 aromatic heterocycles. The molecule has 0 fully saturated rings. The van der Waals surface area contributed by atoms with Gasteiger partial charge in [-0.2, -0.15) is 5.10 Å². The van der Waals surface area contributed by atoms with Crippen molar-refractivity contribution >= 4 is 23.4 Å². The third-order valence-electron chi connectivity index (χ3n) is 4.96. The van der Waals surface area contributed by atoms with E-state index in [-0.39, 0.29) is 17.7 Å². The summed E-state index contributed by atoms with van der Waals surface area (Å²) in [6, 6.07) is 11.6. The van der Waals surface area contributed by atoms with Crippen LogP contribution in [-0.4, -0.2) is 37.1 Å². The third-order valence-corrected chi connectivity index (χ3v) is 5.91. The van der Waals surface area contributed by atoms with Gasteiger partial charge in [0.05, 0.1) is 17.7 Å². The molecule has 0 saturated heterocycles. The van der Waals surface area contributed by atoms with Crippen molar-refractivity contribution in [1.29, 1.82) is 0 Å². The van der Waals surface area contributed by atoms with E-state index in [2.05, 4.69) is 34.0 Å². The molecule has 0 radical (unpaired) electrons. The summed E-state index contributed by atoms with van der Waals surface area (Å²) < 4.78 is 7.54. The van der Waals surface area contributed by atoms with Gasteiger partial charge in [-0.1, -0.05) is 47.7 Å². The van der Waals surface area contributed by atoms with Gasteiger partial charge in [0, 0.05) is 13.0 Å². The van der Waals surface area contributed by atoms with Gasteiger partial charge in [-0.15, -0.1) is 16.8 Å². The lowest BCUT2D eigenvalue weighted by Crippen LogP contribution is -2.28. The third kappa shape index (κ3) is 4.09. The van der Waals surface area contributed by atoms with Crippen LogP contribution in [0.2, 0.25) is 0 Å². The minimum Gasteiger partial charge on any atom is -0.467 e. The zero-order valence-corrected chi connectivity index (χ0v) is 17.8. The Hall–Kier alpha value is -3.13. The molecular weight excluding hydrogens is 398 g/mol. The Morgan fingerprint density at radius 2 is 2.07 bits per heavy atom. The number of nitrogens with zero attached hydrogens (tertiary/aromatic N) is 5. The molecule has 0 unspecified atom stereocenters. The number of aromatic nitrogens is 3. The average Bonchev–Trinajstić information content (AvgIpc) is 3.48. The minimum atomic E-state index is -0.253. The van der Waals surface area contributed by atoms with Gasteiger partial charge in [-0.25, -0.2) is 5.01 Å². The smallest absolute Gasteiger partial charge is 0.253 e. The van der Waals surface area contributed by atoms with Crippen LogP contribution in [0, 0.1) is 13.8 Å². The molecule has 3 heterocycles. The first-order chi connectivity index (χ1) is 14.6. The highest BCUT2D eigenvalue weighted by molar-refractivity contribution is 7.99. The predicted molar refractivity (Wildman–Crippen MR) is 116 cm³/mol. The molecule has 0 aliphatic carbocycles. The summed E-state index contributed by atoms with van der Waals surface area (Å²) in [7, 11) is 0. The quantitative estimate of drug-likeness (QED) is 0.423. The lowest BCUT2D eigenvalue weighted by molar-refractivity contribution is -0.130. The van der Waals surface area contributed by atoms with Crippen LogP contribution in [0.1, 0.15) is 35.2 Å². The molecule has 3 aromatic rings. The number of hydrogen-bond acceptors (Lipinski definition) is 6. The Labute approximate surface area is 179 Å². The van der Waals surface area contributed by atoms with Crippen molar-refractivity contribution in [2.45, 2.75) is 38.0 Å². The van der Waals surface area contributed by atoms with Gasteiger partial charge in [-0.3, -0.25) is 4.79 Å². The Morgan fingerprint density at radius 3 is 2.77 bits per heavy atom. The van der Waals surface area contributed by atoms with Gasteiger partial charge < -0.3 is 8.98 Å². The predicted octanol–water partition coefficient (Wildman–Crippen LogP) is 4.14. The Kier molecular flexibility index (Phi) is 5.85. The van der Waals surface area contributed by atoms with E-state index in [9.17, 15) is 4.79 Å². The lowest BCUT2D eigenvalue weighted by atomic mass is 10.0. The molecular formula is C22H23N5O2S. The number of allylic oxidation sites excluding steroid dienone is 1. The maximum atomic E-state index is 13.1. The molecule has 1 aromatic carbocycles. The van der Waals surface area contributed by atoms with Crippen molar-refractivity contribution in [1.82, 2.24) is 19.8 Å². The molecule has 7 nitrogen and oxygen atoms in total. The van der Waals surface area contributed by atoms with Gasteiger partial charge in [-0.05, 0) is 31.5 Å². The molecule has 0 N–H and O–H groups in total. The number of carbonyl (C=O) groups excluding carboxylic acids is 1. The van der Waals surface area contributed by atoms with E-state index in [0.717, 1.165) is 22.9 Å². The van der Waals surface area contributed by atoms with Crippen LogP contribution in [0.4, 0.5) is 0 Å². The fourth-order valence-electron chi connectivity index (χ4n) is 3.36. The van der Waals surface area contributed by atoms with E-state index in [1.54, 1.807) is 17.3 Å². The van der Waals surface area contributed by atoms with Crippen molar-refractivity contribution in [3.8, 4) is 0 Å². The van der Waals surface area contributed by atoms with Gasteiger partial charge >= 0.3 is 0 Å². The number of furan rings is 1. The summed E-state index contributed by atoms with van der Waals surface area (Å²) in [4.78, 5) is 13.1. The lowest BCUT2D eigenvalue weighted by Gasteiger charge is -2.19. The van der Waals surface area contributed by atoms with Crippen LogP contribution in [-0.2, 0) is 11.3 Å². The first-order valence-electron chi connectivity index (χ1n) is 9.70. The highest BCUT2D eigenvalue weighted by Gasteiger charge is 2.34. The summed E-state index contributed by atoms with van der Waals surface area (Å²) in [5, 5.41) is 15.2. The average molecular weight is 422 g/mol. The summed E-state index contributed by atoms with van der Waals surface area (Å²) in [5.74, 6) is 1.62. The number of carbonyl (C=O) groups is 1. The molecule has 4 rings (SSSR count). The van der Waals surface area contributed by atoms with E-state index < -0.39 is 0 Å². The number of benzene rings is 1. The number of hydrazone groups is 1. The number of aryl methyl sites for hydroxylation is 2. The second kappa shape index (κ2) is 8.71. The Balaban J connectivity index is 1.55. The van der Waals surface area contributed by atoms with Crippen molar-refractivity contribution in [2.75, 3.05) is 5.75 Å². The van der Waals surface area contributed by atoms with Gasteiger partial charge in [0.1, 0.15) is 17.6 Å². The van der Waals surface area contributed by atoms with Crippen molar-refractivity contribution in [2.24, 2.45) is 5.10 Å². The van der Waals surface area contributed by atoms with E-state index in [4.69, 9.17) is 4.42 Å². The van der Waals surface area contributed by atoms with Crippen LogP contribution < -0.4 is 0 Å². The van der Waals surface area contributed by atoms with Gasteiger partial charge in [0.15, 0.2) is 5.16 Å². The molecule has 1 aliphatic rings. The first-order valence-corrected chi connectivity index (χ1v) is 10.7. The highest BCUT2D eigenvalue weighted by Crippen LogP contribution is 2.34. The van der Waals surface area contributed by atoms with Crippen molar-refractivity contribution < 1.29 is 9.21 Å². The largest absolute Gasteiger partial charge is 0.467 e. The number of thioether (sulfide) groups is 1. The second-order valence-electron chi connectivity index (χ2n) is 7.10. The summed E-state index contributed by atoms with van der Waals surface area (Å²) in [6.45, 7) is 8.30. The molecule has 0 spiro atoms. The van der Waals surface area contributed by atoms with Crippen molar-refractivity contribution in [3.05, 3.63) is 78.0 Å². The van der Waals surface area contributed by atoms with Crippen LogP contribution in [0.25, 0.3) is 0 Å². The van der Waals surface area contributed by atoms with Gasteiger partial charge in [0.25, 0.3) is 5.91 Å². The highest BCUT2D eigenvalue weighted by atomic mass is 32.2. The fourth-order valence-corrected chi connectivity index (χ4v) is 4.21. The minimum absolute atomic E-state index is 0.102. The summed E-state index contributed by atoms with van der Waals surface area (Å²) >= 11 is 1.35. The van der Waals surface area contributed by atoms with Gasteiger partial charge in [0.2, 0.25) is 0 Å². The molecule has 154 valence electrons.